The zero-order chi connectivity index (χ0) is 16.4. The number of carbonyl (C=O) groups excluding carboxylic acids is 1. The number of carbonyl (C=O) groups is 2. The van der Waals surface area contributed by atoms with Crippen LogP contribution in [-0.2, 0) is 9.53 Å². The molecule has 1 amide bonds. The van der Waals surface area contributed by atoms with E-state index >= 15 is 0 Å². The van der Waals surface area contributed by atoms with E-state index in [1.165, 1.54) is 6.92 Å². The SMILES string of the molecule is C[C@@H](C(=O)O)N(C(=O)OC(C)(C)C)c1ccc(I)c(Cl)c1. The van der Waals surface area contributed by atoms with Crippen LogP contribution in [0.4, 0.5) is 10.5 Å². The van der Waals surface area contributed by atoms with Crippen LogP contribution in [0.1, 0.15) is 27.7 Å². The average molecular weight is 426 g/mol. The number of carboxylic acid groups (broad SMARTS) is 1. The molecule has 0 heterocycles. The molecule has 0 aliphatic heterocycles. The average Bonchev–Trinajstić information content (AvgIpc) is 2.31. The summed E-state index contributed by atoms with van der Waals surface area (Å²) in [7, 11) is 0. The van der Waals surface area contributed by atoms with Crippen LogP contribution < -0.4 is 4.90 Å². The molecule has 0 aliphatic rings. The number of ether oxygens (including phenoxy) is 1. The topological polar surface area (TPSA) is 66.8 Å². The van der Waals surface area contributed by atoms with Gasteiger partial charge in [0.1, 0.15) is 11.6 Å². The number of aliphatic carboxylic acids is 1. The van der Waals surface area contributed by atoms with Gasteiger partial charge in [0.25, 0.3) is 0 Å². The molecule has 0 aliphatic carbocycles. The molecule has 0 unspecified atom stereocenters. The van der Waals surface area contributed by atoms with Crippen LogP contribution in [-0.4, -0.2) is 28.8 Å². The molecule has 1 N–H and O–H groups in total. The van der Waals surface area contributed by atoms with Crippen molar-refractivity contribution in [2.24, 2.45) is 0 Å². The summed E-state index contributed by atoms with van der Waals surface area (Å²) >= 11 is 8.10. The van der Waals surface area contributed by atoms with Gasteiger partial charge >= 0.3 is 12.1 Å². The Morgan fingerprint density at radius 3 is 2.38 bits per heavy atom. The number of anilines is 1. The maximum absolute atomic E-state index is 12.3. The first-order valence-electron chi connectivity index (χ1n) is 6.23. The summed E-state index contributed by atoms with van der Waals surface area (Å²) in [4.78, 5) is 24.6. The van der Waals surface area contributed by atoms with Gasteiger partial charge in [-0.25, -0.2) is 9.59 Å². The van der Waals surface area contributed by atoms with Crippen molar-refractivity contribution < 1.29 is 19.4 Å². The number of halogens is 2. The highest BCUT2D eigenvalue weighted by Crippen LogP contribution is 2.27. The summed E-state index contributed by atoms with van der Waals surface area (Å²) in [6.45, 7) is 6.57. The molecule has 0 radical (unpaired) electrons. The lowest BCUT2D eigenvalue weighted by atomic mass is 10.2. The van der Waals surface area contributed by atoms with Crippen LogP contribution in [0.5, 0.6) is 0 Å². The van der Waals surface area contributed by atoms with Gasteiger partial charge in [0, 0.05) is 9.26 Å². The minimum Gasteiger partial charge on any atom is -0.480 e. The molecule has 1 rings (SSSR count). The van der Waals surface area contributed by atoms with Gasteiger partial charge in [-0.2, -0.15) is 0 Å². The summed E-state index contributed by atoms with van der Waals surface area (Å²) in [5.74, 6) is -1.13. The van der Waals surface area contributed by atoms with E-state index in [-0.39, 0.29) is 0 Å². The highest BCUT2D eigenvalue weighted by atomic mass is 127. The van der Waals surface area contributed by atoms with Gasteiger partial charge in [-0.3, -0.25) is 4.90 Å². The fraction of sp³-hybridized carbons (Fsp3) is 0.429. The highest BCUT2D eigenvalue weighted by molar-refractivity contribution is 14.1. The Morgan fingerprint density at radius 1 is 1.38 bits per heavy atom. The van der Waals surface area contributed by atoms with Crippen molar-refractivity contribution in [1.29, 1.82) is 0 Å². The number of amides is 1. The van der Waals surface area contributed by atoms with E-state index in [0.717, 1.165) is 8.47 Å². The molecule has 1 aromatic carbocycles. The molecule has 7 heteroatoms. The van der Waals surface area contributed by atoms with Gasteiger partial charge in [-0.05, 0) is 68.5 Å². The van der Waals surface area contributed by atoms with E-state index < -0.39 is 23.7 Å². The predicted molar refractivity (Wildman–Crippen MR) is 90.0 cm³/mol. The Bertz CT molecular complexity index is 556. The lowest BCUT2D eigenvalue weighted by Crippen LogP contribution is -2.46. The van der Waals surface area contributed by atoms with Crippen LogP contribution in [0.3, 0.4) is 0 Å². The van der Waals surface area contributed by atoms with Gasteiger partial charge in [0.15, 0.2) is 0 Å². The molecule has 0 saturated heterocycles. The third-order valence-corrected chi connectivity index (χ3v) is 4.09. The van der Waals surface area contributed by atoms with Crippen molar-refractivity contribution in [2.75, 3.05) is 4.90 Å². The van der Waals surface area contributed by atoms with Crippen LogP contribution in [0.2, 0.25) is 5.02 Å². The van der Waals surface area contributed by atoms with Crippen LogP contribution >= 0.6 is 34.2 Å². The largest absolute Gasteiger partial charge is 0.480 e. The lowest BCUT2D eigenvalue weighted by Gasteiger charge is -2.30. The summed E-state index contributed by atoms with van der Waals surface area (Å²) in [6, 6.07) is 3.82. The molecule has 0 aromatic heterocycles. The Balaban J connectivity index is 3.22. The molecular weight excluding hydrogens is 409 g/mol. The maximum Gasteiger partial charge on any atom is 0.415 e. The molecule has 1 aromatic rings. The van der Waals surface area contributed by atoms with Crippen molar-refractivity contribution in [2.45, 2.75) is 39.3 Å². The number of hydrogen-bond acceptors (Lipinski definition) is 3. The van der Waals surface area contributed by atoms with Crippen molar-refractivity contribution >= 4 is 51.9 Å². The molecule has 116 valence electrons. The number of carboxylic acids is 1. The first-order valence-corrected chi connectivity index (χ1v) is 7.68. The predicted octanol–water partition coefficient (Wildman–Crippen LogP) is 4.16. The summed E-state index contributed by atoms with van der Waals surface area (Å²) < 4.78 is 6.08. The molecule has 1 atom stereocenters. The summed E-state index contributed by atoms with van der Waals surface area (Å²) in [5.41, 5.74) is -0.342. The van der Waals surface area contributed by atoms with E-state index in [2.05, 4.69) is 22.6 Å². The fourth-order valence-electron chi connectivity index (χ4n) is 1.54. The Kier molecular flexibility index (Phi) is 5.86. The van der Waals surface area contributed by atoms with Crippen LogP contribution in [0, 0.1) is 3.57 Å². The lowest BCUT2D eigenvalue weighted by molar-refractivity contribution is -0.138. The quantitative estimate of drug-likeness (QED) is 0.739. The van der Waals surface area contributed by atoms with Gasteiger partial charge < -0.3 is 9.84 Å². The van der Waals surface area contributed by atoms with E-state index in [1.54, 1.807) is 39.0 Å². The molecule has 0 saturated carbocycles. The standard InChI is InChI=1S/C14H17ClINO4/c1-8(12(18)19)17(13(20)21-14(2,3)4)9-5-6-11(16)10(15)7-9/h5-8H,1-4H3,(H,18,19)/t8-/m0/s1. The van der Waals surface area contributed by atoms with E-state index in [4.69, 9.17) is 16.3 Å². The van der Waals surface area contributed by atoms with Gasteiger partial charge in [-0.15, -0.1) is 0 Å². The van der Waals surface area contributed by atoms with Crippen molar-refractivity contribution in [1.82, 2.24) is 0 Å². The van der Waals surface area contributed by atoms with Crippen molar-refractivity contribution in [3.63, 3.8) is 0 Å². The number of benzene rings is 1. The minimum absolute atomic E-state index is 0.379. The minimum atomic E-state index is -1.13. The first-order chi connectivity index (χ1) is 9.53. The number of rotatable bonds is 3. The van der Waals surface area contributed by atoms with Gasteiger partial charge in [-0.1, -0.05) is 11.6 Å². The van der Waals surface area contributed by atoms with Crippen LogP contribution in [0.15, 0.2) is 18.2 Å². The smallest absolute Gasteiger partial charge is 0.415 e. The highest BCUT2D eigenvalue weighted by Gasteiger charge is 2.31. The summed E-state index contributed by atoms with van der Waals surface area (Å²) in [6.07, 6.45) is -0.727. The maximum atomic E-state index is 12.3. The van der Waals surface area contributed by atoms with Crippen molar-refractivity contribution in [3.05, 3.63) is 26.8 Å². The number of nitrogens with zero attached hydrogens (tertiary/aromatic N) is 1. The van der Waals surface area contributed by atoms with Gasteiger partial charge in [0.05, 0.1) is 5.02 Å². The Morgan fingerprint density at radius 2 is 1.95 bits per heavy atom. The second kappa shape index (κ2) is 6.83. The monoisotopic (exact) mass is 425 g/mol. The Labute approximate surface area is 142 Å². The van der Waals surface area contributed by atoms with Crippen LogP contribution in [0.25, 0.3) is 0 Å². The fourth-order valence-corrected chi connectivity index (χ4v) is 2.05. The zero-order valence-electron chi connectivity index (χ0n) is 12.2. The molecular formula is C14H17ClINO4. The van der Waals surface area contributed by atoms with E-state index in [0.29, 0.717) is 10.7 Å². The molecule has 0 fully saturated rings. The molecule has 21 heavy (non-hydrogen) atoms. The molecule has 0 bridgehead atoms. The second-order valence-electron chi connectivity index (χ2n) is 5.46. The Hall–Kier alpha value is -1.02. The second-order valence-corrected chi connectivity index (χ2v) is 7.03. The van der Waals surface area contributed by atoms with E-state index in [9.17, 15) is 14.7 Å². The zero-order valence-corrected chi connectivity index (χ0v) is 15.1. The van der Waals surface area contributed by atoms with Gasteiger partial charge in [0.2, 0.25) is 0 Å². The summed E-state index contributed by atoms with van der Waals surface area (Å²) in [5, 5.41) is 9.64. The van der Waals surface area contributed by atoms with E-state index in [1.807, 2.05) is 0 Å². The first kappa shape index (κ1) is 18.0. The third-order valence-electron chi connectivity index (χ3n) is 2.52. The normalized spacial score (nSPS) is 12.7. The third kappa shape index (κ3) is 5.03. The van der Waals surface area contributed by atoms with Crippen molar-refractivity contribution in [3.8, 4) is 0 Å². The number of hydrogen-bond donors (Lipinski definition) is 1. The molecule has 5 nitrogen and oxygen atoms in total. The molecule has 0 spiro atoms.